The third kappa shape index (κ3) is 4.03. The van der Waals surface area contributed by atoms with Crippen molar-refractivity contribution in [3.05, 3.63) is 78.0 Å². The van der Waals surface area contributed by atoms with Crippen LogP contribution in [0.3, 0.4) is 0 Å². The summed E-state index contributed by atoms with van der Waals surface area (Å²) in [6, 6.07) is 19.4. The van der Waals surface area contributed by atoms with E-state index in [1.165, 1.54) is 0 Å². The van der Waals surface area contributed by atoms with Crippen molar-refractivity contribution in [2.75, 3.05) is 13.2 Å². The Bertz CT molecular complexity index is 843. The van der Waals surface area contributed by atoms with Crippen molar-refractivity contribution in [2.45, 2.75) is 13.5 Å². The zero-order valence-corrected chi connectivity index (χ0v) is 14.3. The highest BCUT2D eigenvalue weighted by molar-refractivity contribution is 6.05. The molecule has 0 aliphatic rings. The van der Waals surface area contributed by atoms with Gasteiger partial charge in [-0.25, -0.2) is 0 Å². The van der Waals surface area contributed by atoms with E-state index < -0.39 is 0 Å². The van der Waals surface area contributed by atoms with Crippen LogP contribution >= 0.6 is 0 Å². The number of hydrogen-bond donors (Lipinski definition) is 1. The molecule has 0 unspecified atom stereocenters. The number of rotatable bonds is 6. The number of nitrogens with zero attached hydrogens (tertiary/aromatic N) is 2. The van der Waals surface area contributed by atoms with Gasteiger partial charge >= 0.3 is 0 Å². The van der Waals surface area contributed by atoms with Crippen molar-refractivity contribution in [3.8, 4) is 0 Å². The largest absolute Gasteiger partial charge is 0.396 e. The van der Waals surface area contributed by atoms with Crippen LogP contribution in [0, 0.1) is 5.92 Å². The lowest BCUT2D eigenvalue weighted by molar-refractivity contribution is 0.0696. The van der Waals surface area contributed by atoms with E-state index >= 15 is 0 Å². The minimum atomic E-state index is -0.0616. The lowest BCUT2D eigenvalue weighted by Gasteiger charge is -2.26. The van der Waals surface area contributed by atoms with Gasteiger partial charge < -0.3 is 10.0 Å². The Morgan fingerprint density at radius 2 is 1.84 bits per heavy atom. The smallest absolute Gasteiger partial charge is 0.256 e. The van der Waals surface area contributed by atoms with Crippen molar-refractivity contribution in [2.24, 2.45) is 5.92 Å². The number of carbonyl (C=O) groups excluding carboxylic acids is 1. The van der Waals surface area contributed by atoms with Crippen molar-refractivity contribution >= 4 is 16.8 Å². The molecule has 4 heteroatoms. The molecule has 1 amide bonds. The van der Waals surface area contributed by atoms with Gasteiger partial charge in [0.05, 0.1) is 11.1 Å². The van der Waals surface area contributed by atoms with Gasteiger partial charge in [-0.05, 0) is 23.6 Å². The number of amides is 1. The van der Waals surface area contributed by atoms with Crippen LogP contribution in [0.2, 0.25) is 0 Å². The van der Waals surface area contributed by atoms with Crippen LogP contribution in [0.5, 0.6) is 0 Å². The zero-order valence-electron chi connectivity index (χ0n) is 14.3. The van der Waals surface area contributed by atoms with Crippen LogP contribution in [-0.4, -0.2) is 34.0 Å². The van der Waals surface area contributed by atoms with Crippen LogP contribution in [0.4, 0.5) is 0 Å². The van der Waals surface area contributed by atoms with E-state index in [9.17, 15) is 9.90 Å². The third-order valence-electron chi connectivity index (χ3n) is 4.21. The first-order valence-corrected chi connectivity index (χ1v) is 8.47. The molecule has 1 N–H and O–H groups in total. The summed E-state index contributed by atoms with van der Waals surface area (Å²) in [6.07, 6.45) is 1.71. The molecule has 0 saturated heterocycles. The SMILES string of the molecule is C[C@H](CO)CN(Cc1ccccc1)C(=O)c1cccc2cccnc12. The standard InChI is InChI=1S/C21H22N2O2/c1-16(15-24)13-23(14-17-7-3-2-4-8-17)21(25)19-11-5-9-18-10-6-12-22-20(18)19/h2-12,16,24H,13-15H2,1H3/t16-/m0/s1. The first kappa shape index (κ1) is 17.1. The van der Waals surface area contributed by atoms with Crippen LogP contribution in [0.25, 0.3) is 10.9 Å². The lowest BCUT2D eigenvalue weighted by Crippen LogP contribution is -2.35. The summed E-state index contributed by atoms with van der Waals surface area (Å²) in [7, 11) is 0. The second kappa shape index (κ2) is 7.90. The molecule has 25 heavy (non-hydrogen) atoms. The van der Waals surface area contributed by atoms with Gasteiger partial charge in [-0.2, -0.15) is 0 Å². The van der Waals surface area contributed by atoms with Crippen molar-refractivity contribution < 1.29 is 9.90 Å². The number of aliphatic hydroxyl groups is 1. The number of pyridine rings is 1. The molecular formula is C21H22N2O2. The number of para-hydroxylation sites is 1. The van der Waals surface area contributed by atoms with E-state index in [0.717, 1.165) is 10.9 Å². The molecule has 1 heterocycles. The molecule has 3 rings (SSSR count). The predicted molar refractivity (Wildman–Crippen MR) is 99.2 cm³/mol. The fraction of sp³-hybridized carbons (Fsp3) is 0.238. The van der Waals surface area contributed by atoms with Gasteiger partial charge in [0.2, 0.25) is 0 Å². The monoisotopic (exact) mass is 334 g/mol. The number of benzene rings is 2. The van der Waals surface area contributed by atoms with Crippen LogP contribution in [0.15, 0.2) is 66.9 Å². The van der Waals surface area contributed by atoms with E-state index in [1.54, 1.807) is 11.1 Å². The number of aromatic nitrogens is 1. The molecule has 2 aromatic carbocycles. The maximum absolute atomic E-state index is 13.2. The highest BCUT2D eigenvalue weighted by Crippen LogP contribution is 2.19. The maximum atomic E-state index is 13.2. The Kier molecular flexibility index (Phi) is 5.41. The summed E-state index contributed by atoms with van der Waals surface area (Å²) in [6.45, 7) is 2.99. The van der Waals surface area contributed by atoms with Crippen LogP contribution < -0.4 is 0 Å². The lowest BCUT2D eigenvalue weighted by atomic mass is 10.1. The first-order chi connectivity index (χ1) is 12.2. The molecular weight excluding hydrogens is 312 g/mol. The molecule has 0 bridgehead atoms. The normalized spacial score (nSPS) is 12.1. The molecule has 128 valence electrons. The Morgan fingerprint density at radius 1 is 1.08 bits per heavy atom. The van der Waals surface area contributed by atoms with Gasteiger partial charge in [0, 0.05) is 31.3 Å². The first-order valence-electron chi connectivity index (χ1n) is 8.47. The van der Waals surface area contributed by atoms with Gasteiger partial charge in [-0.15, -0.1) is 0 Å². The van der Waals surface area contributed by atoms with Gasteiger partial charge in [0.25, 0.3) is 5.91 Å². The molecule has 0 saturated carbocycles. The number of carbonyl (C=O) groups is 1. The number of aliphatic hydroxyl groups excluding tert-OH is 1. The molecule has 0 aliphatic heterocycles. The molecule has 0 aliphatic carbocycles. The molecule has 4 nitrogen and oxygen atoms in total. The summed E-state index contributed by atoms with van der Waals surface area (Å²) in [5.41, 5.74) is 2.37. The Labute approximate surface area is 147 Å². The summed E-state index contributed by atoms with van der Waals surface area (Å²) in [5, 5.41) is 10.4. The minimum absolute atomic E-state index is 0.00981. The second-order valence-corrected chi connectivity index (χ2v) is 6.34. The molecule has 0 spiro atoms. The Morgan fingerprint density at radius 3 is 2.60 bits per heavy atom. The number of hydrogen-bond acceptors (Lipinski definition) is 3. The highest BCUT2D eigenvalue weighted by atomic mass is 16.3. The van der Waals surface area contributed by atoms with Crippen LogP contribution in [0.1, 0.15) is 22.8 Å². The Hall–Kier alpha value is -2.72. The van der Waals surface area contributed by atoms with E-state index in [2.05, 4.69) is 4.98 Å². The predicted octanol–water partition coefficient (Wildman–Crippen LogP) is 3.51. The van der Waals surface area contributed by atoms with Gasteiger partial charge in [-0.1, -0.05) is 55.5 Å². The maximum Gasteiger partial charge on any atom is 0.256 e. The van der Waals surface area contributed by atoms with E-state index in [1.807, 2.05) is 67.6 Å². The van der Waals surface area contributed by atoms with E-state index in [0.29, 0.717) is 24.2 Å². The molecule has 1 aromatic heterocycles. The van der Waals surface area contributed by atoms with Crippen molar-refractivity contribution in [3.63, 3.8) is 0 Å². The Balaban J connectivity index is 1.95. The summed E-state index contributed by atoms with van der Waals surface area (Å²) in [4.78, 5) is 19.4. The average Bonchev–Trinajstić information content (AvgIpc) is 2.67. The highest BCUT2D eigenvalue weighted by Gasteiger charge is 2.20. The zero-order chi connectivity index (χ0) is 17.6. The number of fused-ring (bicyclic) bond motifs is 1. The second-order valence-electron chi connectivity index (χ2n) is 6.34. The van der Waals surface area contributed by atoms with E-state index in [4.69, 9.17) is 0 Å². The van der Waals surface area contributed by atoms with Crippen LogP contribution in [-0.2, 0) is 6.54 Å². The topological polar surface area (TPSA) is 53.4 Å². The van der Waals surface area contributed by atoms with Crippen molar-refractivity contribution in [1.29, 1.82) is 0 Å². The molecule has 3 aromatic rings. The fourth-order valence-electron chi connectivity index (χ4n) is 2.90. The van der Waals surface area contributed by atoms with Crippen molar-refractivity contribution in [1.82, 2.24) is 9.88 Å². The molecule has 0 radical (unpaired) electrons. The van der Waals surface area contributed by atoms with Gasteiger partial charge in [0.1, 0.15) is 0 Å². The molecule has 0 fully saturated rings. The fourth-order valence-corrected chi connectivity index (χ4v) is 2.90. The summed E-state index contributed by atoms with van der Waals surface area (Å²) >= 11 is 0. The average molecular weight is 334 g/mol. The summed E-state index contributed by atoms with van der Waals surface area (Å²) in [5.74, 6) is -0.0518. The van der Waals surface area contributed by atoms with E-state index in [-0.39, 0.29) is 18.4 Å². The quantitative estimate of drug-likeness (QED) is 0.750. The third-order valence-corrected chi connectivity index (χ3v) is 4.21. The van der Waals surface area contributed by atoms with Gasteiger partial charge in [-0.3, -0.25) is 9.78 Å². The minimum Gasteiger partial charge on any atom is -0.396 e. The molecule has 1 atom stereocenters. The summed E-state index contributed by atoms with van der Waals surface area (Å²) < 4.78 is 0. The van der Waals surface area contributed by atoms with Gasteiger partial charge in [0.15, 0.2) is 0 Å².